The summed E-state index contributed by atoms with van der Waals surface area (Å²) in [6, 6.07) is 6.38. The van der Waals surface area contributed by atoms with Gasteiger partial charge in [0.25, 0.3) is 5.91 Å². The standard InChI is InChI=1S/C17H23N5O/c23-17(22-9-7-19-8-10-22)16-20-14-2-1-13(11-15(14)21-16)12-3-5-18-6-4-12/h1-2,11-12,18-19H,3-10H2,(H,20,21). The van der Waals surface area contributed by atoms with Gasteiger partial charge in [0.05, 0.1) is 11.0 Å². The van der Waals surface area contributed by atoms with E-state index in [1.165, 1.54) is 18.4 Å². The molecule has 2 aliphatic rings. The second kappa shape index (κ2) is 6.29. The first-order chi connectivity index (χ1) is 11.3. The summed E-state index contributed by atoms with van der Waals surface area (Å²) < 4.78 is 0. The van der Waals surface area contributed by atoms with Gasteiger partial charge in [0.2, 0.25) is 0 Å². The summed E-state index contributed by atoms with van der Waals surface area (Å²) in [6.45, 7) is 5.36. The molecule has 4 rings (SSSR count). The Morgan fingerprint density at radius 3 is 2.61 bits per heavy atom. The van der Waals surface area contributed by atoms with Gasteiger partial charge in [-0.15, -0.1) is 0 Å². The van der Waals surface area contributed by atoms with Crippen LogP contribution in [0.1, 0.15) is 34.9 Å². The van der Waals surface area contributed by atoms with E-state index >= 15 is 0 Å². The Labute approximate surface area is 135 Å². The fourth-order valence-corrected chi connectivity index (χ4v) is 3.56. The maximum Gasteiger partial charge on any atom is 0.289 e. The van der Waals surface area contributed by atoms with Crippen LogP contribution in [-0.2, 0) is 0 Å². The first-order valence-corrected chi connectivity index (χ1v) is 8.51. The van der Waals surface area contributed by atoms with Crippen LogP contribution in [-0.4, -0.2) is 60.0 Å². The first kappa shape index (κ1) is 14.7. The number of carbonyl (C=O) groups is 1. The Morgan fingerprint density at radius 1 is 1.09 bits per heavy atom. The molecule has 3 heterocycles. The van der Waals surface area contributed by atoms with Gasteiger partial charge in [0, 0.05) is 26.2 Å². The number of aromatic amines is 1. The average molecular weight is 313 g/mol. The zero-order valence-corrected chi connectivity index (χ0v) is 13.3. The SMILES string of the molecule is O=C(c1nc2ccc(C3CCNCC3)cc2[nH]1)N1CCNCC1. The number of piperidine rings is 1. The number of benzene rings is 1. The summed E-state index contributed by atoms with van der Waals surface area (Å²) in [5.74, 6) is 1.08. The number of hydrogen-bond donors (Lipinski definition) is 3. The van der Waals surface area contributed by atoms with Crippen molar-refractivity contribution in [3.8, 4) is 0 Å². The van der Waals surface area contributed by atoms with Crippen molar-refractivity contribution < 1.29 is 4.79 Å². The molecule has 1 amide bonds. The number of imidazole rings is 1. The van der Waals surface area contributed by atoms with E-state index in [4.69, 9.17) is 0 Å². The molecule has 2 fully saturated rings. The predicted molar refractivity (Wildman–Crippen MR) is 89.7 cm³/mol. The highest BCUT2D eigenvalue weighted by Gasteiger charge is 2.21. The van der Waals surface area contributed by atoms with Crippen LogP contribution in [0.4, 0.5) is 0 Å². The van der Waals surface area contributed by atoms with Crippen LogP contribution in [0.5, 0.6) is 0 Å². The van der Waals surface area contributed by atoms with Gasteiger partial charge in [0.1, 0.15) is 0 Å². The number of nitrogens with one attached hydrogen (secondary N) is 3. The number of hydrogen-bond acceptors (Lipinski definition) is 4. The van der Waals surface area contributed by atoms with Crippen molar-refractivity contribution in [3.63, 3.8) is 0 Å². The molecule has 0 spiro atoms. The summed E-state index contributed by atoms with van der Waals surface area (Å²) in [4.78, 5) is 22.1. The number of nitrogens with zero attached hydrogens (tertiary/aromatic N) is 2. The Balaban J connectivity index is 1.58. The van der Waals surface area contributed by atoms with E-state index < -0.39 is 0 Å². The summed E-state index contributed by atoms with van der Waals surface area (Å²) >= 11 is 0. The fourth-order valence-electron chi connectivity index (χ4n) is 3.56. The fraction of sp³-hybridized carbons (Fsp3) is 0.529. The van der Waals surface area contributed by atoms with E-state index in [2.05, 4.69) is 32.7 Å². The molecule has 0 atom stereocenters. The normalized spacial score (nSPS) is 20.1. The Bertz CT molecular complexity index is 698. The molecule has 1 aromatic heterocycles. The van der Waals surface area contributed by atoms with E-state index in [1.807, 2.05) is 11.0 Å². The zero-order valence-electron chi connectivity index (χ0n) is 13.3. The molecular formula is C17H23N5O. The number of fused-ring (bicyclic) bond motifs is 1. The van der Waals surface area contributed by atoms with Gasteiger partial charge < -0.3 is 20.5 Å². The molecule has 23 heavy (non-hydrogen) atoms. The molecule has 3 N–H and O–H groups in total. The van der Waals surface area contributed by atoms with Crippen molar-refractivity contribution in [3.05, 3.63) is 29.6 Å². The minimum atomic E-state index is 0.00566. The molecule has 2 aliphatic heterocycles. The molecule has 0 bridgehead atoms. The largest absolute Gasteiger partial charge is 0.334 e. The van der Waals surface area contributed by atoms with Crippen molar-refractivity contribution in [1.82, 2.24) is 25.5 Å². The third-order valence-corrected chi connectivity index (χ3v) is 4.92. The molecule has 0 unspecified atom stereocenters. The van der Waals surface area contributed by atoms with Gasteiger partial charge in [-0.3, -0.25) is 4.79 Å². The lowest BCUT2D eigenvalue weighted by Crippen LogP contribution is -2.46. The van der Waals surface area contributed by atoms with Crippen molar-refractivity contribution in [2.45, 2.75) is 18.8 Å². The van der Waals surface area contributed by atoms with Crippen molar-refractivity contribution in [2.24, 2.45) is 0 Å². The molecule has 2 aromatic rings. The van der Waals surface area contributed by atoms with Crippen LogP contribution in [0.2, 0.25) is 0 Å². The van der Waals surface area contributed by atoms with Crippen LogP contribution in [0.3, 0.4) is 0 Å². The molecule has 2 saturated heterocycles. The third kappa shape index (κ3) is 2.96. The molecular weight excluding hydrogens is 290 g/mol. The van der Waals surface area contributed by atoms with Gasteiger partial charge in [0.15, 0.2) is 5.82 Å². The zero-order chi connectivity index (χ0) is 15.6. The number of rotatable bonds is 2. The maximum atomic E-state index is 12.6. The Hall–Kier alpha value is -1.92. The van der Waals surface area contributed by atoms with Crippen LogP contribution in [0.15, 0.2) is 18.2 Å². The van der Waals surface area contributed by atoms with E-state index in [1.54, 1.807) is 0 Å². The molecule has 0 aliphatic carbocycles. The van der Waals surface area contributed by atoms with Gasteiger partial charge >= 0.3 is 0 Å². The van der Waals surface area contributed by atoms with Crippen LogP contribution >= 0.6 is 0 Å². The number of carbonyl (C=O) groups excluding carboxylic acids is 1. The van der Waals surface area contributed by atoms with Gasteiger partial charge in [-0.25, -0.2) is 4.98 Å². The lowest BCUT2D eigenvalue weighted by Gasteiger charge is -2.26. The summed E-state index contributed by atoms with van der Waals surface area (Å²) in [7, 11) is 0. The minimum Gasteiger partial charge on any atom is -0.334 e. The molecule has 0 radical (unpaired) electrons. The summed E-state index contributed by atoms with van der Waals surface area (Å²) in [6.07, 6.45) is 2.35. The average Bonchev–Trinajstić information content (AvgIpc) is 3.06. The summed E-state index contributed by atoms with van der Waals surface area (Å²) in [5.41, 5.74) is 3.20. The molecule has 1 aromatic carbocycles. The highest BCUT2D eigenvalue weighted by Crippen LogP contribution is 2.27. The van der Waals surface area contributed by atoms with Crippen molar-refractivity contribution in [1.29, 1.82) is 0 Å². The molecule has 122 valence electrons. The van der Waals surface area contributed by atoms with Gasteiger partial charge in [-0.2, -0.15) is 0 Å². The third-order valence-electron chi connectivity index (χ3n) is 4.92. The van der Waals surface area contributed by atoms with E-state index in [-0.39, 0.29) is 5.91 Å². The van der Waals surface area contributed by atoms with Crippen LogP contribution in [0, 0.1) is 0 Å². The van der Waals surface area contributed by atoms with E-state index in [0.29, 0.717) is 11.7 Å². The molecule has 6 heteroatoms. The second-order valence-electron chi connectivity index (χ2n) is 6.43. The van der Waals surface area contributed by atoms with E-state index in [9.17, 15) is 4.79 Å². The summed E-state index contributed by atoms with van der Waals surface area (Å²) in [5, 5.41) is 6.66. The number of piperazine rings is 1. The van der Waals surface area contributed by atoms with Gasteiger partial charge in [-0.1, -0.05) is 6.07 Å². The lowest BCUT2D eigenvalue weighted by molar-refractivity contribution is 0.0725. The van der Waals surface area contributed by atoms with Crippen LogP contribution < -0.4 is 10.6 Å². The van der Waals surface area contributed by atoms with Crippen molar-refractivity contribution in [2.75, 3.05) is 39.3 Å². The predicted octanol–water partition coefficient (Wildman–Crippen LogP) is 1.08. The first-order valence-electron chi connectivity index (χ1n) is 8.51. The van der Waals surface area contributed by atoms with E-state index in [0.717, 1.165) is 50.3 Å². The maximum absolute atomic E-state index is 12.6. The highest BCUT2D eigenvalue weighted by atomic mass is 16.2. The minimum absolute atomic E-state index is 0.00566. The van der Waals surface area contributed by atoms with Crippen molar-refractivity contribution >= 4 is 16.9 Å². The molecule has 6 nitrogen and oxygen atoms in total. The monoisotopic (exact) mass is 313 g/mol. The van der Waals surface area contributed by atoms with Gasteiger partial charge in [-0.05, 0) is 49.5 Å². The Morgan fingerprint density at radius 2 is 1.83 bits per heavy atom. The van der Waals surface area contributed by atoms with Crippen LogP contribution in [0.25, 0.3) is 11.0 Å². The smallest absolute Gasteiger partial charge is 0.289 e. The molecule has 0 saturated carbocycles. The number of aromatic nitrogens is 2. The number of H-pyrrole nitrogens is 1. The quantitative estimate of drug-likeness (QED) is 0.775. The Kier molecular flexibility index (Phi) is 4.01. The topological polar surface area (TPSA) is 73.0 Å². The lowest BCUT2D eigenvalue weighted by atomic mass is 9.90. The highest BCUT2D eigenvalue weighted by molar-refractivity contribution is 5.94. The number of amides is 1. The second-order valence-corrected chi connectivity index (χ2v) is 6.43.